The normalized spacial score (nSPS) is 19.2. The third-order valence-corrected chi connectivity index (χ3v) is 3.96. The van der Waals surface area contributed by atoms with Crippen LogP contribution in [-0.2, 0) is 0 Å². The van der Waals surface area contributed by atoms with Crippen molar-refractivity contribution in [1.82, 2.24) is 9.88 Å². The number of pyridine rings is 1. The number of nitrogens with zero attached hydrogens (tertiary/aromatic N) is 3. The van der Waals surface area contributed by atoms with Gasteiger partial charge in [-0.05, 0) is 32.5 Å². The van der Waals surface area contributed by atoms with Crippen molar-refractivity contribution in [2.75, 3.05) is 42.9 Å². The minimum Gasteiger partial charge on any atom is -0.370 e. The van der Waals surface area contributed by atoms with Gasteiger partial charge in [0.1, 0.15) is 5.82 Å². The lowest BCUT2D eigenvalue weighted by Crippen LogP contribution is -2.37. The lowest BCUT2D eigenvalue weighted by Gasteiger charge is -2.26. The number of aromatic nitrogens is 1. The van der Waals surface area contributed by atoms with Crippen LogP contribution in [0.4, 0.5) is 11.5 Å². The van der Waals surface area contributed by atoms with Gasteiger partial charge in [-0.15, -0.1) is 0 Å². The molecule has 106 valence electrons. The second kappa shape index (κ2) is 6.75. The summed E-state index contributed by atoms with van der Waals surface area (Å²) in [6.07, 6.45) is 3.17. The van der Waals surface area contributed by atoms with Crippen LogP contribution in [0.3, 0.4) is 0 Å². The molecule has 0 aromatic carbocycles. The fourth-order valence-electron chi connectivity index (χ4n) is 2.91. The van der Waals surface area contributed by atoms with Crippen LogP contribution in [0.1, 0.15) is 27.2 Å². The molecule has 2 rings (SSSR count). The highest BCUT2D eigenvalue weighted by Gasteiger charge is 2.26. The van der Waals surface area contributed by atoms with Crippen LogP contribution in [0.15, 0.2) is 18.3 Å². The van der Waals surface area contributed by atoms with E-state index in [9.17, 15) is 0 Å². The molecular weight excluding hydrogens is 236 g/mol. The van der Waals surface area contributed by atoms with Crippen molar-refractivity contribution in [2.45, 2.75) is 33.2 Å². The van der Waals surface area contributed by atoms with Crippen LogP contribution in [0.2, 0.25) is 0 Å². The predicted octanol–water partition coefficient (Wildman–Crippen LogP) is 2.43. The van der Waals surface area contributed by atoms with Gasteiger partial charge < -0.3 is 10.2 Å². The second-order valence-electron chi connectivity index (χ2n) is 5.04. The van der Waals surface area contributed by atoms with E-state index in [1.807, 2.05) is 6.20 Å². The number of nitrogens with one attached hydrogen (secondary N) is 1. The molecule has 0 bridgehead atoms. The molecule has 0 radical (unpaired) electrons. The highest BCUT2D eigenvalue weighted by atomic mass is 15.3. The summed E-state index contributed by atoms with van der Waals surface area (Å²) < 4.78 is 0. The number of hydrogen-bond donors (Lipinski definition) is 1. The van der Waals surface area contributed by atoms with E-state index in [1.54, 1.807) is 0 Å². The van der Waals surface area contributed by atoms with E-state index < -0.39 is 0 Å². The Balaban J connectivity index is 2.02. The molecule has 1 atom stereocenters. The SMILES string of the molecule is CCNc1cc(N2CCC(N(CC)CC)C2)ccn1. The van der Waals surface area contributed by atoms with Crippen molar-refractivity contribution in [3.05, 3.63) is 18.3 Å². The van der Waals surface area contributed by atoms with E-state index in [0.29, 0.717) is 6.04 Å². The summed E-state index contributed by atoms with van der Waals surface area (Å²) in [5.41, 5.74) is 1.29. The van der Waals surface area contributed by atoms with Gasteiger partial charge >= 0.3 is 0 Å². The zero-order chi connectivity index (χ0) is 13.7. The van der Waals surface area contributed by atoms with Gasteiger partial charge in [0.2, 0.25) is 0 Å². The third-order valence-electron chi connectivity index (χ3n) is 3.96. The fourth-order valence-corrected chi connectivity index (χ4v) is 2.91. The number of anilines is 2. The van der Waals surface area contributed by atoms with Crippen molar-refractivity contribution in [3.8, 4) is 0 Å². The number of hydrogen-bond acceptors (Lipinski definition) is 4. The quantitative estimate of drug-likeness (QED) is 0.853. The van der Waals surface area contributed by atoms with Crippen LogP contribution in [-0.4, -0.2) is 48.6 Å². The monoisotopic (exact) mass is 262 g/mol. The summed E-state index contributed by atoms with van der Waals surface area (Å²) in [5.74, 6) is 0.978. The molecule has 1 N–H and O–H groups in total. The van der Waals surface area contributed by atoms with Gasteiger partial charge in [-0.1, -0.05) is 13.8 Å². The van der Waals surface area contributed by atoms with E-state index in [4.69, 9.17) is 0 Å². The molecule has 0 amide bonds. The minimum absolute atomic E-state index is 0.700. The van der Waals surface area contributed by atoms with Crippen LogP contribution in [0.5, 0.6) is 0 Å². The minimum atomic E-state index is 0.700. The molecule has 0 aliphatic carbocycles. The van der Waals surface area contributed by atoms with E-state index in [2.05, 4.69) is 53.0 Å². The van der Waals surface area contributed by atoms with E-state index in [-0.39, 0.29) is 0 Å². The van der Waals surface area contributed by atoms with Gasteiger partial charge in [0.05, 0.1) is 0 Å². The standard InChI is InChI=1S/C15H26N4/c1-4-16-15-11-13(7-9-17-15)19-10-8-14(12-19)18(5-2)6-3/h7,9,11,14H,4-6,8,10,12H2,1-3H3,(H,16,17). The van der Waals surface area contributed by atoms with Gasteiger partial charge in [0.25, 0.3) is 0 Å². The Morgan fingerprint density at radius 1 is 1.37 bits per heavy atom. The largest absolute Gasteiger partial charge is 0.370 e. The van der Waals surface area contributed by atoms with Crippen molar-refractivity contribution in [2.24, 2.45) is 0 Å². The van der Waals surface area contributed by atoms with Crippen LogP contribution < -0.4 is 10.2 Å². The molecule has 0 spiro atoms. The molecule has 1 aromatic heterocycles. The lowest BCUT2D eigenvalue weighted by atomic mass is 10.2. The molecule has 1 aliphatic rings. The first kappa shape index (κ1) is 14.1. The first-order valence-corrected chi connectivity index (χ1v) is 7.47. The van der Waals surface area contributed by atoms with E-state index in [1.165, 1.54) is 12.1 Å². The molecule has 2 heterocycles. The average Bonchev–Trinajstić information content (AvgIpc) is 2.91. The smallest absolute Gasteiger partial charge is 0.127 e. The summed E-state index contributed by atoms with van der Waals surface area (Å²) in [7, 11) is 0. The Morgan fingerprint density at radius 2 is 2.16 bits per heavy atom. The maximum Gasteiger partial charge on any atom is 0.127 e. The van der Waals surface area contributed by atoms with Gasteiger partial charge in [0.15, 0.2) is 0 Å². The maximum atomic E-state index is 4.34. The lowest BCUT2D eigenvalue weighted by molar-refractivity contribution is 0.232. The zero-order valence-electron chi connectivity index (χ0n) is 12.4. The Morgan fingerprint density at radius 3 is 2.84 bits per heavy atom. The highest BCUT2D eigenvalue weighted by molar-refractivity contribution is 5.54. The van der Waals surface area contributed by atoms with Crippen molar-refractivity contribution >= 4 is 11.5 Å². The summed E-state index contributed by atoms with van der Waals surface area (Å²) in [4.78, 5) is 9.38. The Kier molecular flexibility index (Phi) is 5.02. The van der Waals surface area contributed by atoms with Gasteiger partial charge in [-0.25, -0.2) is 4.98 Å². The Hall–Kier alpha value is -1.29. The van der Waals surface area contributed by atoms with E-state index in [0.717, 1.165) is 38.5 Å². The van der Waals surface area contributed by atoms with Crippen molar-refractivity contribution < 1.29 is 0 Å². The molecular formula is C15H26N4. The molecule has 1 fully saturated rings. The fraction of sp³-hybridized carbons (Fsp3) is 0.667. The van der Waals surface area contributed by atoms with Crippen molar-refractivity contribution in [3.63, 3.8) is 0 Å². The zero-order valence-corrected chi connectivity index (χ0v) is 12.4. The Labute approximate surface area is 116 Å². The highest BCUT2D eigenvalue weighted by Crippen LogP contribution is 2.24. The average molecular weight is 262 g/mol. The Bertz CT molecular complexity index is 389. The van der Waals surface area contributed by atoms with Gasteiger partial charge in [-0.2, -0.15) is 0 Å². The molecule has 1 aliphatic heterocycles. The summed E-state index contributed by atoms with van der Waals surface area (Å²) >= 11 is 0. The molecule has 1 aromatic rings. The van der Waals surface area contributed by atoms with Crippen molar-refractivity contribution in [1.29, 1.82) is 0 Å². The molecule has 4 nitrogen and oxygen atoms in total. The van der Waals surface area contributed by atoms with Crippen LogP contribution in [0.25, 0.3) is 0 Å². The topological polar surface area (TPSA) is 31.4 Å². The van der Waals surface area contributed by atoms with Crippen LogP contribution in [0, 0.1) is 0 Å². The molecule has 4 heteroatoms. The van der Waals surface area contributed by atoms with Gasteiger partial charge in [-0.3, -0.25) is 4.90 Å². The predicted molar refractivity (Wildman–Crippen MR) is 81.9 cm³/mol. The third kappa shape index (κ3) is 3.38. The van der Waals surface area contributed by atoms with Gasteiger partial charge in [0, 0.05) is 43.6 Å². The molecule has 0 saturated carbocycles. The summed E-state index contributed by atoms with van der Waals surface area (Å²) in [6, 6.07) is 4.98. The van der Waals surface area contributed by atoms with Crippen LogP contribution >= 0.6 is 0 Å². The first-order chi connectivity index (χ1) is 9.28. The first-order valence-electron chi connectivity index (χ1n) is 7.47. The maximum absolute atomic E-state index is 4.34. The van der Waals surface area contributed by atoms with E-state index >= 15 is 0 Å². The second-order valence-corrected chi connectivity index (χ2v) is 5.04. The summed E-state index contributed by atoms with van der Waals surface area (Å²) in [5, 5.41) is 3.28. The molecule has 19 heavy (non-hydrogen) atoms. The number of likely N-dealkylation sites (N-methyl/N-ethyl adjacent to an activating group) is 1. The molecule has 1 saturated heterocycles. The summed E-state index contributed by atoms with van der Waals surface area (Å²) in [6.45, 7) is 12.1. The number of rotatable bonds is 6. The molecule has 1 unspecified atom stereocenters.